The summed E-state index contributed by atoms with van der Waals surface area (Å²) in [5, 5.41) is 17.7. The van der Waals surface area contributed by atoms with Crippen LogP contribution in [0.2, 0.25) is 0 Å². The Hall–Kier alpha value is -8.36. The van der Waals surface area contributed by atoms with Crippen LogP contribution in [0.25, 0.3) is 121 Å². The Morgan fingerprint density at radius 3 is 2.00 bits per heavy atom. The van der Waals surface area contributed by atoms with Gasteiger partial charge in [0.1, 0.15) is 7.14 Å². The normalized spacial score (nSPS) is 17.8. The van der Waals surface area contributed by atoms with Crippen LogP contribution in [0.5, 0.6) is 0 Å². The molecule has 1 nitrogen and oxygen atoms in total. The largest absolute Gasteiger partial charge is 0.319 e. The van der Waals surface area contributed by atoms with Gasteiger partial charge >= 0.3 is 0 Å². The van der Waals surface area contributed by atoms with Crippen LogP contribution < -0.4 is 10.6 Å². The van der Waals surface area contributed by atoms with Gasteiger partial charge in [0.2, 0.25) is 0 Å². The van der Waals surface area contributed by atoms with Crippen LogP contribution in [0, 0.1) is 24.2 Å². The van der Waals surface area contributed by atoms with E-state index < -0.39 is 14.4 Å². The van der Waals surface area contributed by atoms with Gasteiger partial charge in [-0.25, -0.2) is 0 Å². The lowest BCUT2D eigenvalue weighted by molar-refractivity contribution is 0.564. The molecule has 4 aliphatic carbocycles. The molecule has 11 aromatic rings. The summed E-state index contributed by atoms with van der Waals surface area (Å²) < 4.78 is 14.3. The van der Waals surface area contributed by atoms with E-state index in [1.54, 1.807) is 0 Å². The van der Waals surface area contributed by atoms with Crippen molar-refractivity contribution in [3.8, 4) is 45.7 Å². The summed E-state index contributed by atoms with van der Waals surface area (Å²) in [5.74, 6) is 3.39. The van der Waals surface area contributed by atoms with Crippen molar-refractivity contribution in [1.82, 2.24) is 0 Å². The maximum atomic E-state index is 14.3. The summed E-state index contributed by atoms with van der Waals surface area (Å²) in [5.41, 5.74) is 18.6. The van der Waals surface area contributed by atoms with E-state index in [-0.39, 0.29) is 17.8 Å². The van der Waals surface area contributed by atoms with Gasteiger partial charge in [-0.3, -0.25) is 0 Å². The van der Waals surface area contributed by atoms with E-state index in [4.69, 9.17) is 6.42 Å². The van der Waals surface area contributed by atoms with E-state index >= 15 is 0 Å². The number of fused-ring (bicyclic) bond motifs is 4. The number of benzene rings is 11. The lowest BCUT2D eigenvalue weighted by atomic mass is 9.71. The van der Waals surface area contributed by atoms with Crippen LogP contribution in [-0.2, 0) is 4.57 Å². The predicted octanol–water partition coefficient (Wildman–Crippen LogP) is 20.1. The molecule has 3 atom stereocenters. The molecule has 0 N–H and O–H groups in total. The third kappa shape index (κ3) is 7.98. The Balaban J connectivity index is 0.891. The molecular weight excluding hydrogens is 1010 g/mol. The predicted molar refractivity (Wildman–Crippen MR) is 357 cm³/mol. The van der Waals surface area contributed by atoms with Crippen LogP contribution in [0.3, 0.4) is 0 Å². The Bertz CT molecular complexity index is 4890. The SMILES string of the molecule is C#C/C=C\C1=C(c2cc(-c3cc4cccc(C5=Cc6ccc(-c7cc(-c8ccc9ccc%10cccc%11ccc8c9c%10%11)cc([P+](C)(C)C)c7)c7ccc8c(c67)C5CC=C8)c4c4ccccc34)cc(P(C)(C)=O)c2)C=C2C=CC=CC2C1C. The Labute approximate surface area is 476 Å². The average molecular weight is 1080 g/mol. The Morgan fingerprint density at radius 2 is 1.22 bits per heavy atom. The molecule has 0 amide bonds. The zero-order valence-corrected chi connectivity index (χ0v) is 48.5. The zero-order valence-electron chi connectivity index (χ0n) is 46.7. The number of hydrogen-bond acceptors (Lipinski definition) is 1. The monoisotopic (exact) mass is 1080 g/mol. The fourth-order valence-electron chi connectivity index (χ4n) is 14.3. The van der Waals surface area contributed by atoms with Crippen molar-refractivity contribution in [3.05, 3.63) is 251 Å². The minimum absolute atomic E-state index is 0.176. The first-order valence-corrected chi connectivity index (χ1v) is 34.2. The van der Waals surface area contributed by atoms with Gasteiger partial charge < -0.3 is 4.57 Å². The van der Waals surface area contributed by atoms with Gasteiger partial charge in [0.25, 0.3) is 0 Å². The second-order valence-electron chi connectivity index (χ2n) is 24.3. The van der Waals surface area contributed by atoms with Crippen molar-refractivity contribution in [1.29, 1.82) is 0 Å². The Kier molecular flexibility index (Phi) is 11.4. The van der Waals surface area contributed by atoms with Crippen molar-refractivity contribution in [2.45, 2.75) is 19.3 Å². The van der Waals surface area contributed by atoms with Crippen molar-refractivity contribution in [2.24, 2.45) is 11.8 Å². The van der Waals surface area contributed by atoms with E-state index in [0.717, 1.165) is 34.0 Å². The van der Waals surface area contributed by atoms with Crippen molar-refractivity contribution in [2.75, 3.05) is 33.3 Å². The van der Waals surface area contributed by atoms with Gasteiger partial charge in [-0.05, 0) is 234 Å². The molecule has 0 radical (unpaired) electrons. The summed E-state index contributed by atoms with van der Waals surface area (Å²) in [4.78, 5) is 0. The first kappa shape index (κ1) is 49.7. The van der Waals surface area contributed by atoms with Gasteiger partial charge in [0.05, 0.1) is 25.3 Å². The summed E-state index contributed by atoms with van der Waals surface area (Å²) in [6, 6.07) is 62.5. The van der Waals surface area contributed by atoms with Crippen LogP contribution in [0.15, 0.2) is 224 Å². The summed E-state index contributed by atoms with van der Waals surface area (Å²) >= 11 is 0. The quantitative estimate of drug-likeness (QED) is 0.0842. The minimum atomic E-state index is -2.71. The third-order valence-electron chi connectivity index (χ3n) is 18.3. The van der Waals surface area contributed by atoms with Gasteiger partial charge in [0.15, 0.2) is 0 Å². The molecule has 3 heteroatoms. The van der Waals surface area contributed by atoms with Crippen molar-refractivity contribution >= 4 is 113 Å². The minimum Gasteiger partial charge on any atom is -0.319 e. The second-order valence-corrected chi connectivity index (χ2v) is 32.1. The van der Waals surface area contributed by atoms with E-state index in [2.05, 4.69) is 251 Å². The highest BCUT2D eigenvalue weighted by Crippen LogP contribution is 2.54. The van der Waals surface area contributed by atoms with Crippen LogP contribution >= 0.6 is 14.4 Å². The molecular formula is C78H61OP2+. The topological polar surface area (TPSA) is 17.1 Å². The van der Waals surface area contributed by atoms with Crippen molar-refractivity contribution < 1.29 is 4.57 Å². The molecule has 3 unspecified atom stereocenters. The highest BCUT2D eigenvalue weighted by molar-refractivity contribution is 7.81. The summed E-state index contributed by atoms with van der Waals surface area (Å²) in [6.07, 6.45) is 29.1. The molecule has 388 valence electrons. The molecule has 0 saturated heterocycles. The third-order valence-corrected chi connectivity index (χ3v) is 21.6. The van der Waals surface area contributed by atoms with Crippen molar-refractivity contribution in [3.63, 3.8) is 0 Å². The van der Waals surface area contributed by atoms with Crippen LogP contribution in [0.4, 0.5) is 0 Å². The first-order chi connectivity index (χ1) is 39.3. The summed E-state index contributed by atoms with van der Waals surface area (Å²) in [7, 11) is -4.15. The molecule has 0 aromatic heterocycles. The van der Waals surface area contributed by atoms with E-state index in [1.165, 1.54) is 131 Å². The van der Waals surface area contributed by atoms with Gasteiger partial charge in [-0.1, -0.05) is 177 Å². The van der Waals surface area contributed by atoms with E-state index in [1.807, 2.05) is 19.4 Å². The fraction of sp³-hybridized carbons (Fsp3) is 0.128. The van der Waals surface area contributed by atoms with E-state index in [0.29, 0.717) is 0 Å². The van der Waals surface area contributed by atoms with Gasteiger partial charge in [0, 0.05) is 24.4 Å². The highest BCUT2D eigenvalue weighted by atomic mass is 31.2. The molecule has 11 aromatic carbocycles. The first-order valence-electron chi connectivity index (χ1n) is 28.5. The summed E-state index contributed by atoms with van der Waals surface area (Å²) in [6.45, 7) is 13.4. The molecule has 0 aliphatic heterocycles. The fourth-order valence-corrected chi connectivity index (χ4v) is 16.3. The molecule has 0 heterocycles. The lowest BCUT2D eigenvalue weighted by Gasteiger charge is -2.32. The smallest absolute Gasteiger partial charge is 0.109 e. The van der Waals surface area contributed by atoms with Crippen LogP contribution in [-0.4, -0.2) is 33.3 Å². The van der Waals surface area contributed by atoms with E-state index in [9.17, 15) is 4.57 Å². The molecule has 0 fully saturated rings. The molecule has 0 bridgehead atoms. The second kappa shape index (κ2) is 18.6. The van der Waals surface area contributed by atoms with Gasteiger partial charge in [-0.15, -0.1) is 6.42 Å². The highest BCUT2D eigenvalue weighted by Gasteiger charge is 2.33. The average Bonchev–Trinajstić information content (AvgIpc) is 3.52. The number of terminal acetylenes is 1. The molecule has 4 aliphatic rings. The molecule has 15 rings (SSSR count). The number of rotatable bonds is 8. The molecule has 0 saturated carbocycles. The number of hydrogen-bond donors (Lipinski definition) is 0. The zero-order chi connectivity index (χ0) is 55.1. The Morgan fingerprint density at radius 1 is 0.568 bits per heavy atom. The lowest BCUT2D eigenvalue weighted by Crippen LogP contribution is -2.19. The molecule has 81 heavy (non-hydrogen) atoms. The maximum Gasteiger partial charge on any atom is 0.109 e. The van der Waals surface area contributed by atoms with Gasteiger partial charge in [-0.2, -0.15) is 0 Å². The molecule has 0 spiro atoms. The number of allylic oxidation sites excluding steroid dienone is 12. The maximum absolute atomic E-state index is 14.3. The van der Waals surface area contributed by atoms with Crippen LogP contribution in [0.1, 0.15) is 47.1 Å². The standard InChI is InChI=1S/C78H61OP2/c1-8-9-22-62-47(2)61-23-11-10-17-52(61)44-71(62)57-39-58(43-60(42-57)81(6,7)79)72-45-53-21-16-26-67(75(53)66-25-13-12-24-65(66)72)73-46-54-33-35-64(70-37-32-50-20-15-27-68(73)77(50)78(54)70)56-38-55(40-59(41-56)80(3,4)5)63-34-30-51-29-28-48-18-14-19-49-31-36-69(63)76(51)74(48)49/h1,9-26,28-47,61,68H,27H2,2-7H3/q+1/b22-9-.